The standard InChI is InChI=1S/C16H26N2O4/c1-11(2)8-12(3)15(20)17(4)10-14(19)18-7-5-6-13(9-18)16(21)22/h12-13H,1,5-10H2,2-4H3,(H,21,22). The summed E-state index contributed by atoms with van der Waals surface area (Å²) in [6, 6.07) is 0. The Morgan fingerprint density at radius 2 is 2.05 bits per heavy atom. The van der Waals surface area contributed by atoms with Crippen molar-refractivity contribution in [2.45, 2.75) is 33.1 Å². The zero-order chi connectivity index (χ0) is 16.9. The Morgan fingerprint density at radius 1 is 1.41 bits per heavy atom. The number of carbonyl (C=O) groups is 3. The Balaban J connectivity index is 2.54. The number of carboxylic acids is 1. The molecule has 0 aromatic rings. The summed E-state index contributed by atoms with van der Waals surface area (Å²) in [5, 5.41) is 9.05. The molecule has 0 spiro atoms. The lowest BCUT2D eigenvalue weighted by Gasteiger charge is -2.32. The maximum atomic E-state index is 12.2. The lowest BCUT2D eigenvalue weighted by molar-refractivity contribution is -0.147. The molecule has 1 rings (SSSR count). The summed E-state index contributed by atoms with van der Waals surface area (Å²) in [7, 11) is 1.60. The lowest BCUT2D eigenvalue weighted by Crippen LogP contribution is -2.47. The Kier molecular flexibility index (Phi) is 6.59. The molecular weight excluding hydrogens is 284 g/mol. The topological polar surface area (TPSA) is 77.9 Å². The first-order valence-corrected chi connectivity index (χ1v) is 7.62. The third kappa shape index (κ3) is 5.16. The highest BCUT2D eigenvalue weighted by atomic mass is 16.4. The van der Waals surface area contributed by atoms with Gasteiger partial charge in [-0.1, -0.05) is 12.5 Å². The van der Waals surface area contributed by atoms with Crippen molar-refractivity contribution >= 4 is 17.8 Å². The molecule has 22 heavy (non-hydrogen) atoms. The van der Waals surface area contributed by atoms with Gasteiger partial charge in [0.1, 0.15) is 0 Å². The van der Waals surface area contributed by atoms with E-state index in [1.165, 1.54) is 4.90 Å². The predicted octanol–water partition coefficient (Wildman–Crippen LogP) is 1.37. The number of likely N-dealkylation sites (N-methyl/N-ethyl adjacent to an activating group) is 1. The van der Waals surface area contributed by atoms with E-state index < -0.39 is 11.9 Å². The molecule has 1 aliphatic heterocycles. The SMILES string of the molecule is C=C(C)CC(C)C(=O)N(C)CC(=O)N1CCCC(C(=O)O)C1. The molecule has 124 valence electrons. The largest absolute Gasteiger partial charge is 0.481 e. The quantitative estimate of drug-likeness (QED) is 0.752. The summed E-state index contributed by atoms with van der Waals surface area (Å²) in [5.74, 6) is -1.85. The van der Waals surface area contributed by atoms with Gasteiger partial charge in [0.15, 0.2) is 0 Å². The van der Waals surface area contributed by atoms with Crippen LogP contribution in [0.1, 0.15) is 33.1 Å². The number of hydrogen-bond acceptors (Lipinski definition) is 3. The third-order valence-electron chi connectivity index (χ3n) is 3.95. The number of likely N-dealkylation sites (tertiary alicyclic amines) is 1. The first-order valence-electron chi connectivity index (χ1n) is 7.62. The highest BCUT2D eigenvalue weighted by Gasteiger charge is 2.29. The van der Waals surface area contributed by atoms with Crippen LogP contribution >= 0.6 is 0 Å². The maximum absolute atomic E-state index is 12.2. The minimum absolute atomic E-state index is 0.00823. The summed E-state index contributed by atoms with van der Waals surface area (Å²) < 4.78 is 0. The molecule has 0 saturated carbocycles. The van der Waals surface area contributed by atoms with E-state index in [1.807, 2.05) is 13.8 Å². The third-order valence-corrected chi connectivity index (χ3v) is 3.95. The van der Waals surface area contributed by atoms with E-state index in [0.29, 0.717) is 25.8 Å². The van der Waals surface area contributed by atoms with Gasteiger partial charge in [0.2, 0.25) is 11.8 Å². The smallest absolute Gasteiger partial charge is 0.308 e. The Hall–Kier alpha value is -1.85. The van der Waals surface area contributed by atoms with Crippen molar-refractivity contribution in [2.24, 2.45) is 11.8 Å². The van der Waals surface area contributed by atoms with Crippen molar-refractivity contribution < 1.29 is 19.5 Å². The van der Waals surface area contributed by atoms with Gasteiger partial charge in [-0.25, -0.2) is 0 Å². The van der Waals surface area contributed by atoms with Gasteiger partial charge in [0, 0.05) is 26.1 Å². The minimum Gasteiger partial charge on any atom is -0.481 e. The van der Waals surface area contributed by atoms with E-state index in [0.717, 1.165) is 5.57 Å². The fourth-order valence-electron chi connectivity index (χ4n) is 2.77. The van der Waals surface area contributed by atoms with Crippen LogP contribution in [0.3, 0.4) is 0 Å². The van der Waals surface area contributed by atoms with Gasteiger partial charge in [-0.15, -0.1) is 6.58 Å². The molecule has 0 aromatic heterocycles. The number of allylic oxidation sites excluding steroid dienone is 1. The number of piperidine rings is 1. The number of aliphatic carboxylic acids is 1. The molecule has 2 unspecified atom stereocenters. The van der Waals surface area contributed by atoms with Gasteiger partial charge in [0.05, 0.1) is 12.5 Å². The van der Waals surface area contributed by atoms with Gasteiger partial charge >= 0.3 is 5.97 Å². The van der Waals surface area contributed by atoms with Crippen LogP contribution in [0.25, 0.3) is 0 Å². The highest BCUT2D eigenvalue weighted by molar-refractivity contribution is 5.86. The monoisotopic (exact) mass is 310 g/mol. The molecule has 1 fully saturated rings. The average molecular weight is 310 g/mol. The van der Waals surface area contributed by atoms with Crippen molar-refractivity contribution in [3.05, 3.63) is 12.2 Å². The van der Waals surface area contributed by atoms with Gasteiger partial charge in [0.25, 0.3) is 0 Å². The van der Waals surface area contributed by atoms with Crippen molar-refractivity contribution in [1.29, 1.82) is 0 Å². The number of hydrogen-bond donors (Lipinski definition) is 1. The predicted molar refractivity (Wildman–Crippen MR) is 83.2 cm³/mol. The van der Waals surface area contributed by atoms with Crippen molar-refractivity contribution in [2.75, 3.05) is 26.7 Å². The number of rotatable bonds is 6. The molecule has 1 heterocycles. The zero-order valence-corrected chi connectivity index (χ0v) is 13.7. The van der Waals surface area contributed by atoms with E-state index in [9.17, 15) is 14.4 Å². The Labute approximate surface area is 131 Å². The lowest BCUT2D eigenvalue weighted by atomic mass is 9.98. The van der Waals surface area contributed by atoms with Crippen LogP contribution in [-0.2, 0) is 14.4 Å². The van der Waals surface area contributed by atoms with Crippen molar-refractivity contribution in [3.63, 3.8) is 0 Å². The first-order chi connectivity index (χ1) is 10.2. The zero-order valence-electron chi connectivity index (χ0n) is 13.7. The van der Waals surface area contributed by atoms with Crippen LogP contribution in [0.15, 0.2) is 12.2 Å². The van der Waals surface area contributed by atoms with Gasteiger partial charge in [-0.05, 0) is 26.2 Å². The minimum atomic E-state index is -0.864. The van der Waals surface area contributed by atoms with Crippen molar-refractivity contribution in [1.82, 2.24) is 9.80 Å². The van der Waals surface area contributed by atoms with E-state index in [-0.39, 0.29) is 30.8 Å². The first kappa shape index (κ1) is 18.2. The van der Waals surface area contributed by atoms with Crippen LogP contribution in [0.4, 0.5) is 0 Å². The summed E-state index contributed by atoms with van der Waals surface area (Å²) in [6.45, 7) is 8.27. The van der Waals surface area contributed by atoms with E-state index >= 15 is 0 Å². The second kappa shape index (κ2) is 7.96. The van der Waals surface area contributed by atoms with E-state index in [4.69, 9.17) is 5.11 Å². The summed E-state index contributed by atoms with van der Waals surface area (Å²) >= 11 is 0. The summed E-state index contributed by atoms with van der Waals surface area (Å²) in [6.07, 6.45) is 1.89. The Bertz CT molecular complexity index is 461. The Morgan fingerprint density at radius 3 is 2.59 bits per heavy atom. The second-order valence-corrected chi connectivity index (χ2v) is 6.27. The fourth-order valence-corrected chi connectivity index (χ4v) is 2.77. The average Bonchev–Trinajstić information content (AvgIpc) is 2.45. The molecule has 0 bridgehead atoms. The summed E-state index contributed by atoms with van der Waals surface area (Å²) in [5.41, 5.74) is 0.931. The number of carboxylic acid groups (broad SMARTS) is 1. The molecule has 1 saturated heterocycles. The normalized spacial score (nSPS) is 19.4. The van der Waals surface area contributed by atoms with Gasteiger partial charge in [-0.3, -0.25) is 14.4 Å². The van der Waals surface area contributed by atoms with Gasteiger partial charge < -0.3 is 14.9 Å². The number of carbonyl (C=O) groups excluding carboxylic acids is 2. The maximum Gasteiger partial charge on any atom is 0.308 e. The molecule has 0 radical (unpaired) electrons. The van der Waals surface area contributed by atoms with Gasteiger partial charge in [-0.2, -0.15) is 0 Å². The number of amides is 2. The molecule has 0 aromatic carbocycles. The van der Waals surface area contributed by atoms with Crippen LogP contribution in [0.2, 0.25) is 0 Å². The van der Waals surface area contributed by atoms with Crippen LogP contribution in [0, 0.1) is 11.8 Å². The second-order valence-electron chi connectivity index (χ2n) is 6.27. The van der Waals surface area contributed by atoms with Crippen LogP contribution in [0.5, 0.6) is 0 Å². The number of nitrogens with zero attached hydrogens (tertiary/aromatic N) is 2. The van der Waals surface area contributed by atoms with Crippen molar-refractivity contribution in [3.8, 4) is 0 Å². The van der Waals surface area contributed by atoms with Crippen LogP contribution < -0.4 is 0 Å². The van der Waals surface area contributed by atoms with Crippen LogP contribution in [-0.4, -0.2) is 59.4 Å². The molecule has 0 aliphatic carbocycles. The molecule has 2 atom stereocenters. The van der Waals surface area contributed by atoms with E-state index in [1.54, 1.807) is 11.9 Å². The van der Waals surface area contributed by atoms with E-state index in [2.05, 4.69) is 6.58 Å². The molecule has 1 aliphatic rings. The molecule has 2 amide bonds. The molecule has 1 N–H and O–H groups in total. The fraction of sp³-hybridized carbons (Fsp3) is 0.688. The summed E-state index contributed by atoms with van der Waals surface area (Å²) in [4.78, 5) is 38.4. The molecular formula is C16H26N2O4. The molecule has 6 nitrogen and oxygen atoms in total. The highest BCUT2D eigenvalue weighted by Crippen LogP contribution is 2.17. The molecule has 6 heteroatoms.